The average Bonchev–Trinajstić information content (AvgIpc) is 2.04. The maximum Gasteiger partial charge on any atom is 0.247 e. The SMILES string of the molecule is CS(=O)(=O)CS(=O)(=O)Nc1ccc(O)cc1. The van der Waals surface area contributed by atoms with E-state index in [1.54, 1.807) is 0 Å². The molecule has 1 aromatic carbocycles. The summed E-state index contributed by atoms with van der Waals surface area (Å²) >= 11 is 0. The van der Waals surface area contributed by atoms with Gasteiger partial charge in [-0.1, -0.05) is 0 Å². The second-order valence-corrected chi connectivity index (χ2v) is 7.54. The molecular formula is C8H11NO5S2. The summed E-state index contributed by atoms with van der Waals surface area (Å²) in [5.41, 5.74) is 0.196. The molecule has 0 unspecified atom stereocenters. The topological polar surface area (TPSA) is 101 Å². The standard InChI is InChI=1S/C8H11NO5S2/c1-15(11,12)6-16(13,14)9-7-2-4-8(10)5-3-7/h2-5,9-10H,6H2,1H3. The Morgan fingerprint density at radius 2 is 1.62 bits per heavy atom. The van der Waals surface area contributed by atoms with Gasteiger partial charge in [-0.3, -0.25) is 4.72 Å². The molecule has 6 nitrogen and oxygen atoms in total. The molecule has 0 fully saturated rings. The molecule has 0 atom stereocenters. The van der Waals surface area contributed by atoms with Crippen LogP contribution in [0.4, 0.5) is 5.69 Å². The summed E-state index contributed by atoms with van der Waals surface area (Å²) in [6, 6.07) is 5.24. The van der Waals surface area contributed by atoms with Gasteiger partial charge in [0.15, 0.2) is 14.9 Å². The highest BCUT2D eigenvalue weighted by molar-refractivity contribution is 8.08. The van der Waals surface area contributed by atoms with Gasteiger partial charge in [0.1, 0.15) is 5.75 Å². The van der Waals surface area contributed by atoms with Crippen molar-refractivity contribution in [3.63, 3.8) is 0 Å². The van der Waals surface area contributed by atoms with E-state index in [-0.39, 0.29) is 11.4 Å². The van der Waals surface area contributed by atoms with Crippen LogP contribution < -0.4 is 4.72 Å². The molecule has 0 amide bonds. The molecule has 0 aliphatic heterocycles. The van der Waals surface area contributed by atoms with Gasteiger partial charge in [-0.15, -0.1) is 0 Å². The lowest BCUT2D eigenvalue weighted by molar-refractivity contribution is 0.475. The van der Waals surface area contributed by atoms with E-state index in [1.165, 1.54) is 24.3 Å². The van der Waals surface area contributed by atoms with Crippen LogP contribution in [0.25, 0.3) is 0 Å². The minimum atomic E-state index is -3.92. The van der Waals surface area contributed by atoms with Gasteiger partial charge in [0.05, 0.1) is 0 Å². The van der Waals surface area contributed by atoms with Crippen LogP contribution in [0.15, 0.2) is 24.3 Å². The van der Waals surface area contributed by atoms with Crippen LogP contribution in [-0.2, 0) is 19.9 Å². The van der Waals surface area contributed by atoms with E-state index >= 15 is 0 Å². The highest BCUT2D eigenvalue weighted by Crippen LogP contribution is 2.15. The van der Waals surface area contributed by atoms with Gasteiger partial charge in [0.2, 0.25) is 10.0 Å². The molecule has 0 aliphatic carbocycles. The highest BCUT2D eigenvalue weighted by Gasteiger charge is 2.17. The van der Waals surface area contributed by atoms with Gasteiger partial charge >= 0.3 is 0 Å². The largest absolute Gasteiger partial charge is 0.508 e. The molecule has 16 heavy (non-hydrogen) atoms. The quantitative estimate of drug-likeness (QED) is 0.754. The number of sulfonamides is 1. The first-order valence-electron chi connectivity index (χ1n) is 4.15. The zero-order chi connectivity index (χ0) is 12.4. The monoisotopic (exact) mass is 265 g/mol. The predicted molar refractivity (Wildman–Crippen MR) is 60.4 cm³/mol. The van der Waals surface area contributed by atoms with Crippen molar-refractivity contribution in [1.82, 2.24) is 0 Å². The third kappa shape index (κ3) is 4.49. The third-order valence-electron chi connectivity index (χ3n) is 1.51. The number of rotatable bonds is 4. The summed E-state index contributed by atoms with van der Waals surface area (Å²) in [5.74, 6) is -0.00828. The van der Waals surface area contributed by atoms with E-state index in [4.69, 9.17) is 5.11 Å². The van der Waals surface area contributed by atoms with Crippen molar-refractivity contribution in [3.05, 3.63) is 24.3 Å². The average molecular weight is 265 g/mol. The number of sulfone groups is 1. The van der Waals surface area contributed by atoms with Crippen molar-refractivity contribution in [2.45, 2.75) is 0 Å². The predicted octanol–water partition coefficient (Wildman–Crippen LogP) is 0.136. The van der Waals surface area contributed by atoms with E-state index in [0.29, 0.717) is 0 Å². The van der Waals surface area contributed by atoms with Crippen LogP contribution in [0.1, 0.15) is 0 Å². The Morgan fingerprint density at radius 1 is 1.12 bits per heavy atom. The normalized spacial score (nSPS) is 12.3. The lowest BCUT2D eigenvalue weighted by atomic mass is 10.3. The maximum absolute atomic E-state index is 11.3. The second kappa shape index (κ2) is 4.30. The highest BCUT2D eigenvalue weighted by atomic mass is 32.3. The van der Waals surface area contributed by atoms with Crippen molar-refractivity contribution >= 4 is 25.5 Å². The second-order valence-electron chi connectivity index (χ2n) is 3.31. The number of phenols is 1. The van der Waals surface area contributed by atoms with Gasteiger partial charge in [-0.05, 0) is 24.3 Å². The van der Waals surface area contributed by atoms with Crippen LogP contribution in [0, 0.1) is 0 Å². The molecule has 0 heterocycles. The number of hydrogen-bond acceptors (Lipinski definition) is 5. The van der Waals surface area contributed by atoms with Crippen molar-refractivity contribution in [2.75, 3.05) is 16.1 Å². The van der Waals surface area contributed by atoms with E-state index in [0.717, 1.165) is 6.26 Å². The van der Waals surface area contributed by atoms with Gasteiger partial charge in [-0.25, -0.2) is 16.8 Å². The van der Waals surface area contributed by atoms with Crippen molar-refractivity contribution in [3.8, 4) is 5.75 Å². The van der Waals surface area contributed by atoms with Crippen LogP contribution in [-0.4, -0.2) is 33.3 Å². The summed E-state index contributed by atoms with van der Waals surface area (Å²) < 4.78 is 46.4. The molecule has 8 heteroatoms. The number of nitrogens with one attached hydrogen (secondary N) is 1. The van der Waals surface area contributed by atoms with Crippen molar-refractivity contribution in [1.29, 1.82) is 0 Å². The van der Waals surface area contributed by atoms with E-state index in [9.17, 15) is 16.8 Å². The molecular weight excluding hydrogens is 254 g/mol. The minimum Gasteiger partial charge on any atom is -0.508 e. The molecule has 1 rings (SSSR count). The van der Waals surface area contributed by atoms with Gasteiger partial charge in [0, 0.05) is 11.9 Å². The molecule has 0 aromatic heterocycles. The summed E-state index contributed by atoms with van der Waals surface area (Å²) in [4.78, 5) is 0. The van der Waals surface area contributed by atoms with E-state index in [2.05, 4.69) is 4.72 Å². The first-order valence-corrected chi connectivity index (χ1v) is 7.86. The third-order valence-corrected chi connectivity index (χ3v) is 5.01. The van der Waals surface area contributed by atoms with Gasteiger partial charge < -0.3 is 5.11 Å². The number of anilines is 1. The molecule has 0 radical (unpaired) electrons. The lowest BCUT2D eigenvalue weighted by Gasteiger charge is -2.06. The first-order chi connectivity index (χ1) is 7.18. The fraction of sp³-hybridized carbons (Fsp3) is 0.250. The van der Waals surface area contributed by atoms with Crippen LogP contribution in [0.5, 0.6) is 5.75 Å². The van der Waals surface area contributed by atoms with Gasteiger partial charge in [-0.2, -0.15) is 0 Å². The summed E-state index contributed by atoms with van der Waals surface area (Å²) in [6.45, 7) is 0. The van der Waals surface area contributed by atoms with Gasteiger partial charge in [0.25, 0.3) is 0 Å². The summed E-state index contributed by atoms with van der Waals surface area (Å²) in [6.07, 6.45) is 0.836. The Kier molecular flexibility index (Phi) is 3.44. The zero-order valence-corrected chi connectivity index (χ0v) is 10.0. The van der Waals surface area contributed by atoms with Crippen LogP contribution in [0.2, 0.25) is 0 Å². The van der Waals surface area contributed by atoms with Crippen LogP contribution >= 0.6 is 0 Å². The summed E-state index contributed by atoms with van der Waals surface area (Å²) in [7, 11) is -7.53. The molecule has 90 valence electrons. The molecule has 0 saturated heterocycles. The Balaban J connectivity index is 2.85. The van der Waals surface area contributed by atoms with E-state index < -0.39 is 24.9 Å². The molecule has 2 N–H and O–H groups in total. The Hall–Kier alpha value is -1.28. The zero-order valence-electron chi connectivity index (χ0n) is 8.41. The minimum absolute atomic E-state index is 0.00828. The van der Waals surface area contributed by atoms with Crippen molar-refractivity contribution in [2.24, 2.45) is 0 Å². The number of hydrogen-bond donors (Lipinski definition) is 2. The van der Waals surface area contributed by atoms with Crippen molar-refractivity contribution < 1.29 is 21.9 Å². The molecule has 0 spiro atoms. The fourth-order valence-corrected chi connectivity index (χ4v) is 4.01. The van der Waals surface area contributed by atoms with E-state index in [1.807, 2.05) is 0 Å². The Morgan fingerprint density at radius 3 is 2.06 bits per heavy atom. The number of aromatic hydroxyl groups is 1. The Labute approximate surface area is 93.9 Å². The smallest absolute Gasteiger partial charge is 0.247 e. The lowest BCUT2D eigenvalue weighted by Crippen LogP contribution is -2.22. The number of benzene rings is 1. The molecule has 0 aliphatic rings. The Bertz CT molecular complexity index is 559. The first kappa shape index (κ1) is 12.8. The summed E-state index contributed by atoms with van der Waals surface area (Å²) in [5, 5.41) is 8.00. The molecule has 0 bridgehead atoms. The number of phenolic OH excluding ortho intramolecular Hbond substituents is 1. The maximum atomic E-state index is 11.3. The molecule has 0 saturated carbocycles. The molecule has 1 aromatic rings. The fourth-order valence-electron chi connectivity index (χ4n) is 1.02. The van der Waals surface area contributed by atoms with Crippen LogP contribution in [0.3, 0.4) is 0 Å².